The second-order valence-electron chi connectivity index (χ2n) is 2.33. The van der Waals surface area contributed by atoms with E-state index in [0.717, 1.165) is 5.69 Å². The summed E-state index contributed by atoms with van der Waals surface area (Å²) in [6, 6.07) is 1.68. The summed E-state index contributed by atoms with van der Waals surface area (Å²) in [6.07, 6.45) is 1.39. The van der Waals surface area contributed by atoms with E-state index in [1.54, 1.807) is 6.07 Å². The molecular formula is C6H7N5O. The first-order chi connectivity index (χ1) is 5.81. The summed E-state index contributed by atoms with van der Waals surface area (Å²) in [5.74, 6) is 5.94. The van der Waals surface area contributed by atoms with Crippen LogP contribution in [0.15, 0.2) is 12.4 Å². The molecule has 0 atom stereocenters. The molecule has 12 heavy (non-hydrogen) atoms. The van der Waals surface area contributed by atoms with Crippen molar-refractivity contribution in [3.63, 3.8) is 0 Å². The molecule has 0 aromatic carbocycles. The van der Waals surface area contributed by atoms with E-state index in [1.807, 2.05) is 6.92 Å². The first kappa shape index (κ1) is 6.99. The molecule has 0 saturated heterocycles. The zero-order chi connectivity index (χ0) is 8.55. The van der Waals surface area contributed by atoms with Crippen LogP contribution < -0.4 is 10.7 Å². The van der Waals surface area contributed by atoms with Gasteiger partial charge >= 0.3 is 0 Å². The van der Waals surface area contributed by atoms with E-state index in [4.69, 9.17) is 5.90 Å². The molecule has 0 spiro atoms. The molecular weight excluding hydrogens is 158 g/mol. The Kier molecular flexibility index (Phi) is 1.41. The van der Waals surface area contributed by atoms with Crippen molar-refractivity contribution < 1.29 is 4.84 Å². The third-order valence-electron chi connectivity index (χ3n) is 1.47. The van der Waals surface area contributed by atoms with Gasteiger partial charge in [0.2, 0.25) is 5.88 Å². The molecule has 0 radical (unpaired) electrons. The molecule has 2 rings (SSSR count). The molecule has 0 aliphatic rings. The number of nitrogens with zero attached hydrogens (tertiary/aromatic N) is 4. The highest BCUT2D eigenvalue weighted by atomic mass is 16.6. The maximum Gasteiger partial charge on any atom is 0.255 e. The first-order valence-corrected chi connectivity index (χ1v) is 3.35. The van der Waals surface area contributed by atoms with Gasteiger partial charge in [-0.3, -0.25) is 0 Å². The summed E-state index contributed by atoms with van der Waals surface area (Å²) in [5.41, 5.74) is 0.788. The third kappa shape index (κ3) is 0.892. The second-order valence-corrected chi connectivity index (χ2v) is 2.33. The average Bonchev–Trinajstić information content (AvgIpc) is 2.50. The molecule has 0 amide bonds. The van der Waals surface area contributed by atoms with Crippen LogP contribution >= 0.6 is 0 Å². The van der Waals surface area contributed by atoms with E-state index in [9.17, 15) is 0 Å². The zero-order valence-electron chi connectivity index (χ0n) is 6.43. The van der Waals surface area contributed by atoms with E-state index < -0.39 is 0 Å². The lowest BCUT2D eigenvalue weighted by Crippen LogP contribution is -2.08. The van der Waals surface area contributed by atoms with Crippen LogP contribution in [-0.2, 0) is 0 Å². The molecule has 62 valence electrons. The first-order valence-electron chi connectivity index (χ1n) is 3.35. The van der Waals surface area contributed by atoms with Crippen molar-refractivity contribution in [3.05, 3.63) is 18.1 Å². The third-order valence-corrected chi connectivity index (χ3v) is 1.47. The van der Waals surface area contributed by atoms with Gasteiger partial charge in [0.15, 0.2) is 0 Å². The van der Waals surface area contributed by atoms with Gasteiger partial charge in [0.25, 0.3) is 5.78 Å². The van der Waals surface area contributed by atoms with Crippen molar-refractivity contribution in [1.82, 2.24) is 19.6 Å². The normalized spacial score (nSPS) is 10.5. The van der Waals surface area contributed by atoms with Crippen LogP contribution in [0.2, 0.25) is 0 Å². The SMILES string of the molecule is Cc1cc(ON)n2ncnc2n1. The summed E-state index contributed by atoms with van der Waals surface area (Å²) >= 11 is 0. The van der Waals surface area contributed by atoms with Crippen molar-refractivity contribution in [1.29, 1.82) is 0 Å². The van der Waals surface area contributed by atoms with Crippen LogP contribution in [0.25, 0.3) is 5.78 Å². The number of fused-ring (bicyclic) bond motifs is 1. The molecule has 0 fully saturated rings. The van der Waals surface area contributed by atoms with Crippen LogP contribution in [0, 0.1) is 6.92 Å². The predicted molar refractivity (Wildman–Crippen MR) is 40.3 cm³/mol. The lowest BCUT2D eigenvalue weighted by Gasteiger charge is -2.00. The quantitative estimate of drug-likeness (QED) is 0.586. The van der Waals surface area contributed by atoms with E-state index in [-0.39, 0.29) is 0 Å². The predicted octanol–water partition coefficient (Wildman–Crippen LogP) is -0.315. The lowest BCUT2D eigenvalue weighted by atomic mass is 10.4. The number of hydrogen-bond donors (Lipinski definition) is 1. The van der Waals surface area contributed by atoms with Crippen LogP contribution in [0.1, 0.15) is 5.69 Å². The standard InChI is InChI=1S/C6H7N5O/c1-4-2-5(12-7)11-6(10-4)8-3-9-11/h2-3H,7H2,1H3. The van der Waals surface area contributed by atoms with E-state index in [2.05, 4.69) is 19.9 Å². The fourth-order valence-electron chi connectivity index (χ4n) is 0.981. The highest BCUT2D eigenvalue weighted by Gasteiger charge is 2.04. The molecule has 0 aliphatic carbocycles. The molecule has 2 heterocycles. The van der Waals surface area contributed by atoms with E-state index >= 15 is 0 Å². The summed E-state index contributed by atoms with van der Waals surface area (Å²) < 4.78 is 1.42. The molecule has 6 heteroatoms. The van der Waals surface area contributed by atoms with Gasteiger partial charge in [-0.25, -0.2) is 4.98 Å². The average molecular weight is 165 g/mol. The van der Waals surface area contributed by atoms with Crippen LogP contribution in [0.5, 0.6) is 5.88 Å². The number of aromatic nitrogens is 4. The minimum atomic E-state index is 0.426. The largest absolute Gasteiger partial charge is 0.391 e. The number of hydrogen-bond acceptors (Lipinski definition) is 5. The fourth-order valence-corrected chi connectivity index (χ4v) is 0.981. The monoisotopic (exact) mass is 165 g/mol. The van der Waals surface area contributed by atoms with E-state index in [0.29, 0.717) is 11.7 Å². The fraction of sp³-hybridized carbons (Fsp3) is 0.167. The Morgan fingerprint density at radius 3 is 3.17 bits per heavy atom. The molecule has 2 aromatic rings. The summed E-state index contributed by atoms with van der Waals surface area (Å²) in [6.45, 7) is 1.83. The molecule has 6 nitrogen and oxygen atoms in total. The molecule has 2 N–H and O–H groups in total. The van der Waals surface area contributed by atoms with Crippen molar-refractivity contribution in [2.75, 3.05) is 0 Å². The van der Waals surface area contributed by atoms with Crippen molar-refractivity contribution >= 4 is 5.78 Å². The highest BCUT2D eigenvalue weighted by Crippen LogP contribution is 2.10. The van der Waals surface area contributed by atoms with Crippen molar-refractivity contribution in [2.24, 2.45) is 5.90 Å². The minimum absolute atomic E-state index is 0.426. The van der Waals surface area contributed by atoms with Crippen LogP contribution in [-0.4, -0.2) is 19.6 Å². The van der Waals surface area contributed by atoms with Crippen LogP contribution in [0.4, 0.5) is 0 Å². The van der Waals surface area contributed by atoms with Gasteiger partial charge < -0.3 is 4.84 Å². The molecule has 0 bridgehead atoms. The van der Waals surface area contributed by atoms with Crippen LogP contribution in [0.3, 0.4) is 0 Å². The summed E-state index contributed by atoms with van der Waals surface area (Å²) in [7, 11) is 0. The minimum Gasteiger partial charge on any atom is -0.391 e. The lowest BCUT2D eigenvalue weighted by molar-refractivity contribution is 0.310. The summed E-state index contributed by atoms with van der Waals surface area (Å²) in [4.78, 5) is 12.6. The maximum atomic E-state index is 5.03. The Labute approximate surface area is 67.9 Å². The van der Waals surface area contributed by atoms with Crippen molar-refractivity contribution in [3.8, 4) is 5.88 Å². The van der Waals surface area contributed by atoms with Gasteiger partial charge in [-0.05, 0) is 6.92 Å². The van der Waals surface area contributed by atoms with Gasteiger partial charge in [0.1, 0.15) is 6.33 Å². The summed E-state index contributed by atoms with van der Waals surface area (Å²) in [5, 5.41) is 3.87. The van der Waals surface area contributed by atoms with Gasteiger partial charge in [0.05, 0.1) is 0 Å². The maximum absolute atomic E-state index is 5.03. The Balaban J connectivity index is 2.80. The second kappa shape index (κ2) is 2.42. The Morgan fingerprint density at radius 2 is 2.42 bits per heavy atom. The van der Waals surface area contributed by atoms with Gasteiger partial charge in [0, 0.05) is 11.8 Å². The van der Waals surface area contributed by atoms with Gasteiger partial charge in [-0.15, -0.1) is 0 Å². The smallest absolute Gasteiger partial charge is 0.255 e. The highest BCUT2D eigenvalue weighted by molar-refractivity contribution is 5.32. The molecule has 0 unspecified atom stereocenters. The zero-order valence-corrected chi connectivity index (χ0v) is 6.43. The number of aryl methyl sites for hydroxylation is 1. The Hall–Kier alpha value is -1.69. The molecule has 2 aromatic heterocycles. The van der Waals surface area contributed by atoms with Gasteiger partial charge in [-0.2, -0.15) is 20.5 Å². The number of rotatable bonds is 1. The Bertz CT molecular complexity index is 409. The molecule has 0 aliphatic heterocycles. The van der Waals surface area contributed by atoms with E-state index in [1.165, 1.54) is 10.8 Å². The van der Waals surface area contributed by atoms with Crippen molar-refractivity contribution in [2.45, 2.75) is 6.92 Å². The topological polar surface area (TPSA) is 78.3 Å². The molecule has 0 saturated carbocycles. The Morgan fingerprint density at radius 1 is 1.58 bits per heavy atom. The van der Waals surface area contributed by atoms with Gasteiger partial charge in [-0.1, -0.05) is 0 Å². The number of nitrogens with two attached hydrogens (primary N) is 1.